The van der Waals surface area contributed by atoms with Crippen molar-refractivity contribution in [1.29, 1.82) is 0 Å². The van der Waals surface area contributed by atoms with E-state index in [1.165, 1.54) is 0 Å². The molecule has 0 aliphatic carbocycles. The molecule has 6 heteroatoms. The van der Waals surface area contributed by atoms with Crippen molar-refractivity contribution >= 4 is 23.4 Å². The number of benzene rings is 1. The number of aromatic nitrogens is 2. The van der Waals surface area contributed by atoms with E-state index >= 15 is 0 Å². The van der Waals surface area contributed by atoms with Crippen molar-refractivity contribution in [1.82, 2.24) is 10.1 Å². The highest BCUT2D eigenvalue weighted by atomic mass is 35.5. The van der Waals surface area contributed by atoms with Crippen LogP contribution in [0.3, 0.4) is 0 Å². The molecule has 0 saturated carbocycles. The fraction of sp³-hybridized carbons (Fsp3) is 0.429. The van der Waals surface area contributed by atoms with Gasteiger partial charge in [0.05, 0.1) is 5.75 Å². The summed E-state index contributed by atoms with van der Waals surface area (Å²) in [5.74, 6) is 2.15. The molecule has 1 heterocycles. The molecule has 20 heavy (non-hydrogen) atoms. The van der Waals surface area contributed by atoms with Crippen LogP contribution in [0.15, 0.2) is 33.7 Å². The number of thioether (sulfide) groups is 1. The standard InChI is InChI=1S/C14H18ClN3OS/c15-11-5-7-12(8-6-11)20-10-13-17-14(19-18-13)4-2-1-3-9-16/h5-8H,1-4,9-10,16H2. The Morgan fingerprint density at radius 2 is 1.95 bits per heavy atom. The van der Waals surface area contributed by atoms with Gasteiger partial charge in [-0.1, -0.05) is 23.2 Å². The predicted molar refractivity (Wildman–Crippen MR) is 81.9 cm³/mol. The minimum absolute atomic E-state index is 0.702. The fourth-order valence-corrected chi connectivity index (χ4v) is 2.59. The maximum atomic E-state index is 5.85. The maximum Gasteiger partial charge on any atom is 0.226 e. The molecule has 0 bridgehead atoms. The van der Waals surface area contributed by atoms with Gasteiger partial charge in [0.2, 0.25) is 5.89 Å². The average Bonchev–Trinajstić information content (AvgIpc) is 2.91. The summed E-state index contributed by atoms with van der Waals surface area (Å²) in [6.07, 6.45) is 4.03. The van der Waals surface area contributed by atoms with E-state index in [0.29, 0.717) is 11.6 Å². The molecule has 2 rings (SSSR count). The number of rotatable bonds is 8. The summed E-state index contributed by atoms with van der Waals surface area (Å²) in [7, 11) is 0. The Hall–Kier alpha value is -1.04. The first-order valence-corrected chi connectivity index (χ1v) is 8.04. The Kier molecular flexibility index (Phi) is 6.36. The van der Waals surface area contributed by atoms with Crippen molar-refractivity contribution in [3.05, 3.63) is 41.0 Å². The van der Waals surface area contributed by atoms with E-state index < -0.39 is 0 Å². The molecule has 0 aliphatic heterocycles. The third-order valence-electron chi connectivity index (χ3n) is 2.79. The Morgan fingerprint density at radius 3 is 2.70 bits per heavy atom. The van der Waals surface area contributed by atoms with Gasteiger partial charge < -0.3 is 10.3 Å². The molecule has 0 fully saturated rings. The Bertz CT molecular complexity index is 515. The monoisotopic (exact) mass is 311 g/mol. The molecule has 0 atom stereocenters. The van der Waals surface area contributed by atoms with Crippen LogP contribution in [0.5, 0.6) is 0 Å². The minimum atomic E-state index is 0.702. The lowest BCUT2D eigenvalue weighted by Crippen LogP contribution is -1.98. The molecule has 108 valence electrons. The first-order valence-electron chi connectivity index (χ1n) is 6.68. The van der Waals surface area contributed by atoms with Gasteiger partial charge in [0.15, 0.2) is 5.82 Å². The summed E-state index contributed by atoms with van der Waals surface area (Å²) in [5, 5.41) is 4.73. The van der Waals surface area contributed by atoms with Crippen LogP contribution in [0, 0.1) is 0 Å². The van der Waals surface area contributed by atoms with Gasteiger partial charge >= 0.3 is 0 Å². The molecule has 0 saturated heterocycles. The van der Waals surface area contributed by atoms with Gasteiger partial charge in [-0.05, 0) is 43.7 Å². The highest BCUT2D eigenvalue weighted by molar-refractivity contribution is 7.98. The van der Waals surface area contributed by atoms with Crippen molar-refractivity contribution in [3.63, 3.8) is 0 Å². The Labute approximate surface area is 128 Å². The van der Waals surface area contributed by atoms with E-state index in [2.05, 4.69) is 10.1 Å². The van der Waals surface area contributed by atoms with E-state index in [9.17, 15) is 0 Å². The largest absolute Gasteiger partial charge is 0.339 e. The van der Waals surface area contributed by atoms with Crippen LogP contribution in [0.4, 0.5) is 0 Å². The highest BCUT2D eigenvalue weighted by Crippen LogP contribution is 2.23. The normalized spacial score (nSPS) is 10.9. The van der Waals surface area contributed by atoms with E-state index in [4.69, 9.17) is 21.9 Å². The summed E-state index contributed by atoms with van der Waals surface area (Å²) < 4.78 is 5.23. The van der Waals surface area contributed by atoms with Gasteiger partial charge in [-0.3, -0.25) is 0 Å². The zero-order valence-corrected chi connectivity index (χ0v) is 12.8. The summed E-state index contributed by atoms with van der Waals surface area (Å²) in [5.41, 5.74) is 5.45. The third-order valence-corrected chi connectivity index (χ3v) is 4.05. The molecule has 4 nitrogen and oxygen atoms in total. The predicted octanol–water partition coefficient (Wildman–Crippen LogP) is 3.69. The van der Waals surface area contributed by atoms with Crippen LogP contribution in [0.2, 0.25) is 5.02 Å². The van der Waals surface area contributed by atoms with E-state index in [1.54, 1.807) is 11.8 Å². The second-order valence-corrected chi connectivity index (χ2v) is 5.93. The topological polar surface area (TPSA) is 64.9 Å². The second-order valence-electron chi connectivity index (χ2n) is 4.45. The smallest absolute Gasteiger partial charge is 0.226 e. The zero-order valence-electron chi connectivity index (χ0n) is 11.2. The Balaban J connectivity index is 1.76. The molecule has 0 radical (unpaired) electrons. The number of hydrogen-bond acceptors (Lipinski definition) is 5. The van der Waals surface area contributed by atoms with Gasteiger partial charge in [-0.15, -0.1) is 11.8 Å². The van der Waals surface area contributed by atoms with Crippen LogP contribution >= 0.6 is 23.4 Å². The van der Waals surface area contributed by atoms with E-state index in [0.717, 1.165) is 48.0 Å². The van der Waals surface area contributed by atoms with E-state index in [-0.39, 0.29) is 0 Å². The van der Waals surface area contributed by atoms with Crippen LogP contribution in [-0.2, 0) is 12.2 Å². The second kappa shape index (κ2) is 8.29. The third kappa shape index (κ3) is 5.15. The summed E-state index contributed by atoms with van der Waals surface area (Å²) >= 11 is 7.51. The zero-order chi connectivity index (χ0) is 14.2. The van der Waals surface area contributed by atoms with Gasteiger partial charge in [-0.2, -0.15) is 4.98 Å². The van der Waals surface area contributed by atoms with Crippen molar-refractivity contribution in [2.24, 2.45) is 5.73 Å². The van der Waals surface area contributed by atoms with Crippen molar-refractivity contribution in [2.75, 3.05) is 6.54 Å². The lowest BCUT2D eigenvalue weighted by Gasteiger charge is -1.97. The highest BCUT2D eigenvalue weighted by Gasteiger charge is 2.06. The molecular formula is C14H18ClN3OS. The molecule has 2 N–H and O–H groups in total. The van der Waals surface area contributed by atoms with E-state index in [1.807, 2.05) is 24.3 Å². The number of aryl methyl sites for hydroxylation is 1. The van der Waals surface area contributed by atoms with Crippen LogP contribution < -0.4 is 5.73 Å². The van der Waals surface area contributed by atoms with Gasteiger partial charge in [-0.25, -0.2) is 0 Å². The molecule has 0 spiro atoms. The molecule has 1 aromatic carbocycles. The van der Waals surface area contributed by atoms with Crippen LogP contribution in [-0.4, -0.2) is 16.7 Å². The molecule has 0 unspecified atom stereocenters. The molecule has 0 amide bonds. The SMILES string of the molecule is NCCCCCc1nc(CSc2ccc(Cl)cc2)no1. The van der Waals surface area contributed by atoms with Gasteiger partial charge in [0, 0.05) is 16.3 Å². The lowest BCUT2D eigenvalue weighted by atomic mass is 10.2. The van der Waals surface area contributed by atoms with Gasteiger partial charge in [0.1, 0.15) is 0 Å². The maximum absolute atomic E-state index is 5.85. The quantitative estimate of drug-likeness (QED) is 0.595. The summed E-state index contributed by atoms with van der Waals surface area (Å²) in [6, 6.07) is 7.73. The van der Waals surface area contributed by atoms with Crippen molar-refractivity contribution in [2.45, 2.75) is 36.3 Å². The van der Waals surface area contributed by atoms with Crippen molar-refractivity contribution < 1.29 is 4.52 Å². The Morgan fingerprint density at radius 1 is 1.15 bits per heavy atom. The fourth-order valence-electron chi connectivity index (χ4n) is 1.73. The van der Waals surface area contributed by atoms with Crippen molar-refractivity contribution in [3.8, 4) is 0 Å². The summed E-state index contributed by atoms with van der Waals surface area (Å²) in [4.78, 5) is 5.53. The molecule has 2 aromatic rings. The number of nitrogens with two attached hydrogens (primary N) is 1. The summed E-state index contributed by atoms with van der Waals surface area (Å²) in [6.45, 7) is 0.743. The number of hydrogen-bond donors (Lipinski definition) is 1. The number of halogens is 1. The molecule has 0 aliphatic rings. The number of unbranched alkanes of at least 4 members (excludes halogenated alkanes) is 2. The molecule has 1 aromatic heterocycles. The number of nitrogens with zero attached hydrogens (tertiary/aromatic N) is 2. The first-order chi connectivity index (χ1) is 9.78. The lowest BCUT2D eigenvalue weighted by molar-refractivity contribution is 0.370. The van der Waals surface area contributed by atoms with Gasteiger partial charge in [0.25, 0.3) is 0 Å². The van der Waals surface area contributed by atoms with Crippen LogP contribution in [0.25, 0.3) is 0 Å². The minimum Gasteiger partial charge on any atom is -0.339 e. The average molecular weight is 312 g/mol. The first kappa shape index (κ1) is 15.4. The van der Waals surface area contributed by atoms with Crippen LogP contribution in [0.1, 0.15) is 31.0 Å². The molecular weight excluding hydrogens is 294 g/mol.